The maximum Gasteiger partial charge on any atom is 0.408 e. The van der Waals surface area contributed by atoms with Crippen molar-refractivity contribution in [3.05, 3.63) is 36.5 Å². The van der Waals surface area contributed by atoms with E-state index in [1.807, 2.05) is 0 Å². The van der Waals surface area contributed by atoms with Crippen molar-refractivity contribution in [2.24, 2.45) is 0 Å². The number of H-pyrrole nitrogens is 2. The van der Waals surface area contributed by atoms with Crippen molar-refractivity contribution in [1.29, 1.82) is 0 Å². The van der Waals surface area contributed by atoms with Crippen molar-refractivity contribution < 1.29 is 19.4 Å². The Morgan fingerprint density at radius 3 is 2.96 bits per heavy atom. The van der Waals surface area contributed by atoms with Gasteiger partial charge in [-0.2, -0.15) is 13.2 Å². The fourth-order valence-electron chi connectivity index (χ4n) is 3.26. The number of alkyl halides is 3. The number of amides is 1. The Kier molecular flexibility index (Phi) is 3.52. The number of carbonyl (C=O) groups excluding carboxylic acids is 1. The fraction of sp³-hybridized carbons (Fsp3) is 0.312. The number of hydrogen-bond donors (Lipinski definition) is 2. The van der Waals surface area contributed by atoms with Gasteiger partial charge in [-0.15, -0.1) is 0 Å². The van der Waals surface area contributed by atoms with E-state index in [-0.39, 0.29) is 20.1 Å². The van der Waals surface area contributed by atoms with Crippen LogP contribution in [0.25, 0.3) is 22.3 Å². The zero-order valence-electron chi connectivity index (χ0n) is 13.0. The summed E-state index contributed by atoms with van der Waals surface area (Å²) in [7, 11) is 0. The number of nitrogens with zero attached hydrogens (tertiary/aromatic N) is 3. The number of aromatic amines is 2. The van der Waals surface area contributed by atoms with Crippen LogP contribution < -0.4 is 0 Å². The van der Waals surface area contributed by atoms with Crippen molar-refractivity contribution in [2.75, 3.05) is 6.54 Å². The maximum absolute atomic E-state index is 13.1. The van der Waals surface area contributed by atoms with Crippen LogP contribution in [-0.2, 0) is 0 Å². The molecule has 0 saturated carbocycles. The molecule has 25 heavy (non-hydrogen) atoms. The van der Waals surface area contributed by atoms with Gasteiger partial charge in [0.05, 0.1) is 5.69 Å². The third-order valence-corrected chi connectivity index (χ3v) is 4.43. The first kappa shape index (κ1) is 15.7. The van der Waals surface area contributed by atoms with Crippen molar-refractivity contribution in [3.63, 3.8) is 0 Å². The largest absolute Gasteiger partial charge is 0.408 e. The van der Waals surface area contributed by atoms with Crippen LogP contribution in [0, 0.1) is 0 Å². The summed E-state index contributed by atoms with van der Waals surface area (Å²) in [4.78, 5) is 27.5. The van der Waals surface area contributed by atoms with Crippen LogP contribution >= 0.6 is 0 Å². The van der Waals surface area contributed by atoms with E-state index in [1.165, 1.54) is 12.4 Å². The summed E-state index contributed by atoms with van der Waals surface area (Å²) in [5.41, 5.74) is 2.00. The molecule has 4 heterocycles. The standard InChI is InChI=1S/C16H14F3N5O.H2/c17-16(18,19)12-2-1-5-24(12)15(25)11-6-9(7-21-11)13-10-3-4-20-14(10)23-8-22-13;/h3-4,6-8,12,21H,1-2,5H2,(H,20,22,23);1H. The molecule has 0 aromatic carbocycles. The van der Waals surface area contributed by atoms with Crippen LogP contribution in [0.5, 0.6) is 0 Å². The number of rotatable bonds is 2. The highest BCUT2D eigenvalue weighted by molar-refractivity contribution is 5.96. The topological polar surface area (TPSA) is 77.7 Å². The smallest absolute Gasteiger partial charge is 0.357 e. The zero-order chi connectivity index (χ0) is 17.6. The molecule has 1 aliphatic heterocycles. The molecule has 3 aromatic rings. The Balaban J connectivity index is 0.00000196. The van der Waals surface area contributed by atoms with Gasteiger partial charge >= 0.3 is 6.18 Å². The number of likely N-dealkylation sites (tertiary alicyclic amines) is 1. The lowest BCUT2D eigenvalue weighted by molar-refractivity contribution is -0.169. The van der Waals surface area contributed by atoms with Gasteiger partial charge in [-0.3, -0.25) is 4.79 Å². The molecule has 6 nitrogen and oxygen atoms in total. The molecule has 132 valence electrons. The van der Waals surface area contributed by atoms with E-state index < -0.39 is 18.1 Å². The highest BCUT2D eigenvalue weighted by Crippen LogP contribution is 2.34. The van der Waals surface area contributed by atoms with Crippen LogP contribution in [0.1, 0.15) is 24.8 Å². The molecule has 0 aliphatic carbocycles. The molecular weight excluding hydrogens is 335 g/mol. The Labute approximate surface area is 141 Å². The van der Waals surface area contributed by atoms with E-state index in [4.69, 9.17) is 0 Å². The normalized spacial score (nSPS) is 18.2. The lowest BCUT2D eigenvalue weighted by Crippen LogP contribution is -2.44. The predicted molar refractivity (Wildman–Crippen MR) is 85.9 cm³/mol. The Morgan fingerprint density at radius 2 is 2.16 bits per heavy atom. The monoisotopic (exact) mass is 351 g/mol. The Bertz CT molecular complexity index is 935. The average molecular weight is 351 g/mol. The van der Waals surface area contributed by atoms with Crippen LogP contribution in [-0.4, -0.2) is 49.5 Å². The first-order valence-corrected chi connectivity index (χ1v) is 7.80. The van der Waals surface area contributed by atoms with Gasteiger partial charge in [0.15, 0.2) is 0 Å². The quantitative estimate of drug-likeness (QED) is 0.743. The summed E-state index contributed by atoms with van der Waals surface area (Å²) in [6.07, 6.45) is 0.562. The van der Waals surface area contributed by atoms with Crippen molar-refractivity contribution in [1.82, 2.24) is 24.8 Å². The Hall–Kier alpha value is -2.84. The number of halogens is 3. The molecule has 1 aliphatic rings. The molecule has 0 bridgehead atoms. The third kappa shape index (κ3) is 2.65. The number of hydrogen-bond acceptors (Lipinski definition) is 3. The van der Waals surface area contributed by atoms with Crippen molar-refractivity contribution in [3.8, 4) is 11.3 Å². The van der Waals surface area contributed by atoms with Gasteiger partial charge < -0.3 is 14.9 Å². The minimum atomic E-state index is -4.41. The molecule has 1 atom stereocenters. The molecule has 1 saturated heterocycles. The molecule has 0 spiro atoms. The summed E-state index contributed by atoms with van der Waals surface area (Å²) in [6.45, 7) is 0.104. The number of fused-ring (bicyclic) bond motifs is 1. The minimum Gasteiger partial charge on any atom is -0.357 e. The van der Waals surface area contributed by atoms with E-state index in [0.29, 0.717) is 23.3 Å². The first-order chi connectivity index (χ1) is 11.9. The van der Waals surface area contributed by atoms with Crippen LogP contribution in [0.2, 0.25) is 0 Å². The molecule has 1 amide bonds. The van der Waals surface area contributed by atoms with E-state index in [2.05, 4.69) is 19.9 Å². The Morgan fingerprint density at radius 1 is 1.32 bits per heavy atom. The predicted octanol–water partition coefficient (Wildman–Crippen LogP) is 3.37. The number of carbonyl (C=O) groups is 1. The first-order valence-electron chi connectivity index (χ1n) is 7.80. The molecule has 1 fully saturated rings. The second-order valence-corrected chi connectivity index (χ2v) is 5.96. The maximum atomic E-state index is 13.1. The molecule has 9 heteroatoms. The van der Waals surface area contributed by atoms with Gasteiger partial charge in [0.25, 0.3) is 5.91 Å². The van der Waals surface area contributed by atoms with E-state index in [0.717, 1.165) is 10.3 Å². The lowest BCUT2D eigenvalue weighted by atomic mass is 10.1. The van der Waals surface area contributed by atoms with Gasteiger partial charge in [-0.25, -0.2) is 9.97 Å². The minimum absolute atomic E-state index is 0. The molecule has 4 rings (SSSR count). The summed E-state index contributed by atoms with van der Waals surface area (Å²) < 4.78 is 39.2. The van der Waals surface area contributed by atoms with E-state index in [1.54, 1.807) is 18.5 Å². The fourth-order valence-corrected chi connectivity index (χ4v) is 3.26. The second kappa shape index (κ2) is 5.61. The van der Waals surface area contributed by atoms with E-state index in [9.17, 15) is 18.0 Å². The molecule has 3 aromatic heterocycles. The van der Waals surface area contributed by atoms with Gasteiger partial charge in [0, 0.05) is 31.3 Å². The number of nitrogens with one attached hydrogen (secondary N) is 2. The highest BCUT2D eigenvalue weighted by atomic mass is 19.4. The summed E-state index contributed by atoms with van der Waals surface area (Å²) in [6, 6.07) is 1.62. The van der Waals surface area contributed by atoms with Gasteiger partial charge in [-0.05, 0) is 25.0 Å². The van der Waals surface area contributed by atoms with Gasteiger partial charge in [-0.1, -0.05) is 0 Å². The van der Waals surface area contributed by atoms with Gasteiger partial charge in [0.1, 0.15) is 23.7 Å². The summed E-state index contributed by atoms with van der Waals surface area (Å²) >= 11 is 0. The lowest BCUT2D eigenvalue weighted by Gasteiger charge is -2.26. The second-order valence-electron chi connectivity index (χ2n) is 5.96. The summed E-state index contributed by atoms with van der Waals surface area (Å²) in [5.74, 6) is -0.648. The van der Waals surface area contributed by atoms with Crippen LogP contribution in [0.4, 0.5) is 13.2 Å². The molecule has 0 radical (unpaired) electrons. The average Bonchev–Trinajstić information content (AvgIpc) is 3.30. The zero-order valence-corrected chi connectivity index (χ0v) is 13.0. The third-order valence-electron chi connectivity index (χ3n) is 4.43. The SMILES string of the molecule is O=C(c1cc(-c2ncnc3[nH]ccc23)c[nH]1)N1CCCC1C(F)(F)F.[HH]. The van der Waals surface area contributed by atoms with Crippen molar-refractivity contribution in [2.45, 2.75) is 25.1 Å². The van der Waals surface area contributed by atoms with Crippen LogP contribution in [0.15, 0.2) is 30.9 Å². The molecule has 1 unspecified atom stereocenters. The van der Waals surface area contributed by atoms with Crippen molar-refractivity contribution >= 4 is 16.9 Å². The molecule has 2 N–H and O–H groups in total. The van der Waals surface area contributed by atoms with E-state index >= 15 is 0 Å². The molecular formula is C16H16F3N5O. The number of aromatic nitrogens is 4. The van der Waals surface area contributed by atoms with Crippen LogP contribution in [0.3, 0.4) is 0 Å². The van der Waals surface area contributed by atoms with Gasteiger partial charge in [0.2, 0.25) is 0 Å². The highest BCUT2D eigenvalue weighted by Gasteiger charge is 2.48. The summed E-state index contributed by atoms with van der Waals surface area (Å²) in [5, 5.41) is 0.773.